The van der Waals surface area contributed by atoms with Gasteiger partial charge in [0.1, 0.15) is 5.82 Å². The number of amides is 2. The number of guanidine groups is 1. The molecule has 0 aliphatic heterocycles. The minimum Gasteiger partial charge on any atom is -0.370 e. The number of aliphatic imine (C=N–C) groups is 1. The second kappa shape index (κ2) is 8.67. The number of fused-ring (bicyclic) bond motifs is 1. The molecular formula is C19H18Cl2FN5O2. The van der Waals surface area contributed by atoms with Gasteiger partial charge in [0.2, 0.25) is 0 Å². The molecule has 0 heterocycles. The number of benzene rings is 2. The standard InChI is InChI=1S/C19H18Cl2FN5O2/c20-13-3-1-2-10-11(13)7-16(12(10)8-25-19(23)24)27-18(29)17(28)26-9-4-5-14(21)15(22)6-9/h1-6,12,16H,7-8H2,(H,26,28)(H,27,29)(H4,23,24,25). The molecule has 10 heteroatoms. The molecule has 0 spiro atoms. The molecule has 2 atom stereocenters. The summed E-state index contributed by atoms with van der Waals surface area (Å²) in [7, 11) is 0. The van der Waals surface area contributed by atoms with Crippen LogP contribution in [-0.4, -0.2) is 30.4 Å². The van der Waals surface area contributed by atoms with Gasteiger partial charge in [-0.1, -0.05) is 35.3 Å². The summed E-state index contributed by atoms with van der Waals surface area (Å²) < 4.78 is 13.5. The molecule has 29 heavy (non-hydrogen) atoms. The van der Waals surface area contributed by atoms with Crippen LogP contribution in [0.5, 0.6) is 0 Å². The Hall–Kier alpha value is -2.84. The van der Waals surface area contributed by atoms with E-state index in [1.54, 1.807) is 12.1 Å². The van der Waals surface area contributed by atoms with E-state index in [0.29, 0.717) is 11.4 Å². The number of anilines is 1. The number of rotatable bonds is 4. The van der Waals surface area contributed by atoms with Gasteiger partial charge in [0.25, 0.3) is 0 Å². The molecule has 0 saturated heterocycles. The Morgan fingerprint density at radius 1 is 1.14 bits per heavy atom. The Balaban J connectivity index is 1.74. The van der Waals surface area contributed by atoms with Crippen LogP contribution in [0.4, 0.5) is 10.1 Å². The van der Waals surface area contributed by atoms with Crippen molar-refractivity contribution in [3.8, 4) is 0 Å². The Labute approximate surface area is 176 Å². The Morgan fingerprint density at radius 2 is 1.90 bits per heavy atom. The molecule has 2 amide bonds. The molecule has 6 N–H and O–H groups in total. The fraction of sp³-hybridized carbons (Fsp3) is 0.211. The van der Waals surface area contributed by atoms with Crippen molar-refractivity contribution in [2.45, 2.75) is 18.4 Å². The van der Waals surface area contributed by atoms with Crippen LogP contribution in [0.3, 0.4) is 0 Å². The zero-order valence-corrected chi connectivity index (χ0v) is 16.6. The van der Waals surface area contributed by atoms with Gasteiger partial charge in [-0.25, -0.2) is 4.39 Å². The molecule has 1 aliphatic carbocycles. The van der Waals surface area contributed by atoms with E-state index in [0.717, 1.165) is 17.2 Å². The molecule has 1 aliphatic rings. The molecule has 0 radical (unpaired) electrons. The average molecular weight is 438 g/mol. The molecule has 7 nitrogen and oxygen atoms in total. The maximum Gasteiger partial charge on any atom is 0.313 e. The van der Waals surface area contributed by atoms with E-state index in [1.165, 1.54) is 12.1 Å². The lowest BCUT2D eigenvalue weighted by Gasteiger charge is -2.20. The molecule has 2 aromatic rings. The van der Waals surface area contributed by atoms with Crippen LogP contribution in [0.15, 0.2) is 41.4 Å². The number of nitrogens with one attached hydrogen (secondary N) is 2. The smallest absolute Gasteiger partial charge is 0.313 e. The van der Waals surface area contributed by atoms with Gasteiger partial charge in [0, 0.05) is 22.7 Å². The van der Waals surface area contributed by atoms with Crippen molar-refractivity contribution in [2.75, 3.05) is 11.9 Å². The summed E-state index contributed by atoms with van der Waals surface area (Å²) in [6, 6.07) is 8.71. The average Bonchev–Trinajstić information content (AvgIpc) is 3.01. The van der Waals surface area contributed by atoms with E-state index in [9.17, 15) is 14.0 Å². The Kier molecular flexibility index (Phi) is 6.24. The van der Waals surface area contributed by atoms with Crippen LogP contribution in [-0.2, 0) is 16.0 Å². The fourth-order valence-electron chi connectivity index (χ4n) is 3.29. The number of carbonyl (C=O) groups excluding carboxylic acids is 2. The van der Waals surface area contributed by atoms with Crippen LogP contribution < -0.4 is 22.1 Å². The summed E-state index contributed by atoms with van der Waals surface area (Å²) in [6.45, 7) is 0.227. The van der Waals surface area contributed by atoms with E-state index in [1.807, 2.05) is 6.07 Å². The highest BCUT2D eigenvalue weighted by atomic mass is 35.5. The zero-order valence-electron chi connectivity index (χ0n) is 15.1. The number of carbonyl (C=O) groups is 2. The molecule has 3 rings (SSSR count). The Bertz CT molecular complexity index is 995. The third kappa shape index (κ3) is 4.78. The third-order valence-corrected chi connectivity index (χ3v) is 5.30. The summed E-state index contributed by atoms with van der Waals surface area (Å²) in [4.78, 5) is 28.7. The largest absolute Gasteiger partial charge is 0.370 e. The van der Waals surface area contributed by atoms with E-state index in [-0.39, 0.29) is 29.1 Å². The van der Waals surface area contributed by atoms with Crippen molar-refractivity contribution in [1.82, 2.24) is 5.32 Å². The number of halogens is 3. The van der Waals surface area contributed by atoms with Crippen LogP contribution in [0.1, 0.15) is 17.0 Å². The molecule has 0 saturated carbocycles. The molecule has 2 aromatic carbocycles. The monoisotopic (exact) mass is 437 g/mol. The highest BCUT2D eigenvalue weighted by molar-refractivity contribution is 6.39. The second-order valence-electron chi connectivity index (χ2n) is 6.55. The van der Waals surface area contributed by atoms with Crippen molar-refractivity contribution >= 4 is 46.7 Å². The first-order valence-electron chi connectivity index (χ1n) is 8.66. The van der Waals surface area contributed by atoms with Gasteiger partial charge in [-0.2, -0.15) is 0 Å². The molecule has 0 bridgehead atoms. The van der Waals surface area contributed by atoms with Crippen LogP contribution in [0.2, 0.25) is 10.0 Å². The van der Waals surface area contributed by atoms with Crippen LogP contribution in [0.25, 0.3) is 0 Å². The summed E-state index contributed by atoms with van der Waals surface area (Å²) >= 11 is 11.9. The van der Waals surface area contributed by atoms with Crippen molar-refractivity contribution in [3.63, 3.8) is 0 Å². The first kappa shape index (κ1) is 20.9. The first-order chi connectivity index (χ1) is 13.8. The zero-order chi connectivity index (χ0) is 21.1. The van der Waals surface area contributed by atoms with E-state index >= 15 is 0 Å². The molecule has 0 aromatic heterocycles. The summed E-state index contributed by atoms with van der Waals surface area (Å²) in [5.41, 5.74) is 12.8. The number of nitrogens with two attached hydrogens (primary N) is 2. The fourth-order valence-corrected chi connectivity index (χ4v) is 3.67. The quantitative estimate of drug-likeness (QED) is 0.332. The Morgan fingerprint density at radius 3 is 2.59 bits per heavy atom. The summed E-state index contributed by atoms with van der Waals surface area (Å²) in [5.74, 6) is -2.84. The molecule has 152 valence electrons. The van der Waals surface area contributed by atoms with Gasteiger partial charge >= 0.3 is 11.8 Å². The van der Waals surface area contributed by atoms with Gasteiger partial charge < -0.3 is 22.1 Å². The lowest BCUT2D eigenvalue weighted by molar-refractivity contribution is -0.136. The highest BCUT2D eigenvalue weighted by Gasteiger charge is 2.35. The van der Waals surface area contributed by atoms with Gasteiger partial charge in [-0.3, -0.25) is 14.6 Å². The minimum absolute atomic E-state index is 0.0759. The molecular weight excluding hydrogens is 420 g/mol. The van der Waals surface area contributed by atoms with Gasteiger partial charge in [0.05, 0.1) is 11.6 Å². The predicted molar refractivity (Wildman–Crippen MR) is 111 cm³/mol. The van der Waals surface area contributed by atoms with Gasteiger partial charge in [-0.15, -0.1) is 0 Å². The predicted octanol–water partition coefficient (Wildman–Crippen LogP) is 2.17. The van der Waals surface area contributed by atoms with Crippen molar-refractivity contribution in [1.29, 1.82) is 0 Å². The van der Waals surface area contributed by atoms with Crippen LogP contribution in [0, 0.1) is 5.82 Å². The normalized spacial score (nSPS) is 17.3. The number of hydrogen-bond acceptors (Lipinski definition) is 3. The SMILES string of the molecule is NC(N)=NCC1c2cccc(Cl)c2CC1NC(=O)C(=O)Nc1ccc(Cl)c(F)c1. The molecule has 2 unspecified atom stereocenters. The third-order valence-electron chi connectivity index (χ3n) is 4.64. The topological polar surface area (TPSA) is 123 Å². The van der Waals surface area contributed by atoms with E-state index in [4.69, 9.17) is 34.7 Å². The molecule has 0 fully saturated rings. The van der Waals surface area contributed by atoms with Crippen molar-refractivity contribution in [3.05, 3.63) is 63.4 Å². The lowest BCUT2D eigenvalue weighted by Crippen LogP contribution is -2.44. The maximum atomic E-state index is 13.5. The van der Waals surface area contributed by atoms with Gasteiger partial charge in [0.15, 0.2) is 5.96 Å². The number of nitrogens with zero attached hydrogens (tertiary/aromatic N) is 1. The highest BCUT2D eigenvalue weighted by Crippen LogP contribution is 2.37. The second-order valence-corrected chi connectivity index (χ2v) is 7.36. The maximum absolute atomic E-state index is 13.5. The van der Waals surface area contributed by atoms with E-state index < -0.39 is 23.7 Å². The summed E-state index contributed by atoms with van der Waals surface area (Å²) in [5, 5.41) is 5.51. The number of hydrogen-bond donors (Lipinski definition) is 4. The van der Waals surface area contributed by atoms with Crippen molar-refractivity contribution < 1.29 is 14.0 Å². The summed E-state index contributed by atoms with van der Waals surface area (Å²) in [6.07, 6.45) is 0.425. The van der Waals surface area contributed by atoms with E-state index in [2.05, 4.69) is 15.6 Å². The minimum atomic E-state index is -0.936. The lowest BCUT2D eigenvalue weighted by atomic mass is 9.98. The first-order valence-corrected chi connectivity index (χ1v) is 9.41. The van der Waals surface area contributed by atoms with Crippen molar-refractivity contribution in [2.24, 2.45) is 16.5 Å². The van der Waals surface area contributed by atoms with Gasteiger partial charge in [-0.05, 0) is 41.8 Å². The van der Waals surface area contributed by atoms with Crippen LogP contribution >= 0.6 is 23.2 Å².